The molecule has 0 aromatic heterocycles. The maximum absolute atomic E-state index is 13.0. The summed E-state index contributed by atoms with van der Waals surface area (Å²) in [5.41, 5.74) is 1.89. The number of likely N-dealkylation sites (N-methyl/N-ethyl adjacent to an activating group) is 1. The van der Waals surface area contributed by atoms with Crippen LogP contribution in [0.5, 0.6) is 0 Å². The Bertz CT molecular complexity index is 680. The van der Waals surface area contributed by atoms with Gasteiger partial charge in [0.25, 0.3) is 0 Å². The number of likely N-dealkylation sites (tertiary alicyclic amines) is 1. The van der Waals surface area contributed by atoms with E-state index >= 15 is 0 Å². The molecule has 1 amide bonds. The van der Waals surface area contributed by atoms with Gasteiger partial charge in [-0.2, -0.15) is 0 Å². The predicted octanol–water partition coefficient (Wildman–Crippen LogP) is 2.80. The molecular weight excluding hydrogens is 316 g/mol. The quantitative estimate of drug-likeness (QED) is 0.774. The van der Waals surface area contributed by atoms with Gasteiger partial charge in [-0.3, -0.25) is 4.79 Å². The van der Waals surface area contributed by atoms with Crippen molar-refractivity contribution in [2.24, 2.45) is 5.41 Å². The van der Waals surface area contributed by atoms with E-state index in [1.807, 2.05) is 40.0 Å². The number of carbonyl (C=O) groups is 2. The zero-order valence-electron chi connectivity index (χ0n) is 15.8. The molecule has 0 N–H and O–H groups in total. The van der Waals surface area contributed by atoms with Crippen molar-refractivity contribution in [1.82, 2.24) is 4.90 Å². The number of benzene rings is 1. The molecule has 3 unspecified atom stereocenters. The number of ether oxygens (including phenoxy) is 1. The highest BCUT2D eigenvalue weighted by atomic mass is 16.5. The molecule has 1 saturated heterocycles. The Morgan fingerprint density at radius 3 is 2.56 bits per heavy atom. The molecule has 2 aliphatic heterocycles. The van der Waals surface area contributed by atoms with Crippen molar-refractivity contribution in [3.8, 4) is 0 Å². The van der Waals surface area contributed by atoms with Crippen LogP contribution in [0.15, 0.2) is 24.3 Å². The van der Waals surface area contributed by atoms with Crippen LogP contribution in [-0.2, 0) is 14.3 Å². The summed E-state index contributed by atoms with van der Waals surface area (Å²) in [4.78, 5) is 29.8. The van der Waals surface area contributed by atoms with Crippen LogP contribution in [0.2, 0.25) is 0 Å². The average Bonchev–Trinajstić information content (AvgIpc) is 2.86. The molecular formula is C20H28N2O3. The minimum Gasteiger partial charge on any atom is -0.464 e. The average molecular weight is 344 g/mol. The Morgan fingerprint density at radius 1 is 1.24 bits per heavy atom. The van der Waals surface area contributed by atoms with Crippen LogP contribution in [0.25, 0.3) is 0 Å². The number of carbonyl (C=O) groups excluding carboxylic acids is 2. The largest absolute Gasteiger partial charge is 0.464 e. The van der Waals surface area contributed by atoms with Crippen LogP contribution in [-0.4, -0.2) is 49.1 Å². The fourth-order valence-corrected chi connectivity index (χ4v) is 4.25. The maximum Gasteiger partial charge on any atom is 0.331 e. The molecule has 1 fully saturated rings. The van der Waals surface area contributed by atoms with E-state index in [9.17, 15) is 9.59 Å². The summed E-state index contributed by atoms with van der Waals surface area (Å²) in [6.45, 7) is 8.41. The zero-order chi connectivity index (χ0) is 18.4. The number of anilines is 1. The third kappa shape index (κ3) is 2.90. The Hall–Kier alpha value is -2.04. The number of hydrogen-bond donors (Lipinski definition) is 0. The lowest BCUT2D eigenvalue weighted by atomic mass is 9.81. The molecule has 1 aromatic rings. The Morgan fingerprint density at radius 2 is 1.92 bits per heavy atom. The third-order valence-corrected chi connectivity index (χ3v) is 5.35. The van der Waals surface area contributed by atoms with Crippen LogP contribution >= 0.6 is 0 Å². The second-order valence-corrected chi connectivity index (χ2v) is 8.00. The predicted molar refractivity (Wildman–Crippen MR) is 97.6 cm³/mol. The summed E-state index contributed by atoms with van der Waals surface area (Å²) < 4.78 is 5.37. The van der Waals surface area contributed by atoms with E-state index in [4.69, 9.17) is 4.74 Å². The minimum absolute atomic E-state index is 0.00774. The van der Waals surface area contributed by atoms with Crippen LogP contribution in [0.4, 0.5) is 5.69 Å². The first-order valence-electron chi connectivity index (χ1n) is 9.06. The SMILES string of the molecule is CCOC(=O)C1C2C(CCN1C(=O)C(C)(C)C)c1ccccc1N2C. The van der Waals surface area contributed by atoms with Crippen LogP contribution in [0.1, 0.15) is 45.6 Å². The number of esters is 1. The number of fused-ring (bicyclic) bond motifs is 3. The molecule has 1 aromatic carbocycles. The van der Waals surface area contributed by atoms with Crippen molar-refractivity contribution in [2.75, 3.05) is 25.1 Å². The molecule has 0 aliphatic carbocycles. The number of hydrogen-bond acceptors (Lipinski definition) is 4. The first kappa shape index (κ1) is 17.8. The van der Waals surface area contributed by atoms with Crippen LogP contribution < -0.4 is 4.90 Å². The number of para-hydroxylation sites is 1. The van der Waals surface area contributed by atoms with Gasteiger partial charge in [0.1, 0.15) is 0 Å². The van der Waals surface area contributed by atoms with Gasteiger partial charge in [0, 0.05) is 30.6 Å². The van der Waals surface area contributed by atoms with Crippen molar-refractivity contribution in [1.29, 1.82) is 0 Å². The number of amides is 1. The molecule has 136 valence electrons. The molecule has 0 radical (unpaired) electrons. The third-order valence-electron chi connectivity index (χ3n) is 5.35. The standard InChI is InChI=1S/C20H28N2O3/c1-6-25-18(23)17-16-14(11-12-22(17)19(24)20(2,3)4)13-9-7-8-10-15(13)21(16)5/h7-10,14,16-17H,6,11-12H2,1-5H3. The Labute approximate surface area is 149 Å². The van der Waals surface area contributed by atoms with Gasteiger partial charge in [0.2, 0.25) is 5.91 Å². The number of rotatable bonds is 2. The Balaban J connectivity index is 2.01. The summed E-state index contributed by atoms with van der Waals surface area (Å²) in [5.74, 6) is -0.0394. The Kier molecular flexibility index (Phi) is 4.52. The lowest BCUT2D eigenvalue weighted by Gasteiger charge is -2.45. The van der Waals surface area contributed by atoms with Gasteiger partial charge in [-0.05, 0) is 25.0 Å². The van der Waals surface area contributed by atoms with Gasteiger partial charge in [-0.15, -0.1) is 0 Å². The van der Waals surface area contributed by atoms with E-state index in [0.717, 1.165) is 12.1 Å². The molecule has 5 heteroatoms. The highest BCUT2D eigenvalue weighted by molar-refractivity contribution is 5.89. The van der Waals surface area contributed by atoms with Crippen molar-refractivity contribution in [3.05, 3.63) is 29.8 Å². The summed E-state index contributed by atoms with van der Waals surface area (Å²) >= 11 is 0. The molecule has 0 bridgehead atoms. The molecule has 5 nitrogen and oxygen atoms in total. The molecule has 25 heavy (non-hydrogen) atoms. The first-order chi connectivity index (χ1) is 11.8. The normalized spacial score (nSPS) is 25.4. The van der Waals surface area contributed by atoms with E-state index in [1.54, 1.807) is 11.8 Å². The van der Waals surface area contributed by atoms with Crippen molar-refractivity contribution < 1.29 is 14.3 Å². The lowest BCUT2D eigenvalue weighted by Crippen LogP contribution is -2.62. The van der Waals surface area contributed by atoms with Crippen LogP contribution in [0.3, 0.4) is 0 Å². The zero-order valence-corrected chi connectivity index (χ0v) is 15.8. The molecule has 3 atom stereocenters. The van der Waals surface area contributed by atoms with E-state index in [2.05, 4.69) is 17.0 Å². The molecule has 0 spiro atoms. The highest BCUT2D eigenvalue weighted by Gasteiger charge is 2.52. The fourth-order valence-electron chi connectivity index (χ4n) is 4.25. The van der Waals surface area contributed by atoms with E-state index < -0.39 is 11.5 Å². The second-order valence-electron chi connectivity index (χ2n) is 8.00. The number of nitrogens with zero attached hydrogens (tertiary/aromatic N) is 2. The smallest absolute Gasteiger partial charge is 0.331 e. The summed E-state index contributed by atoms with van der Waals surface area (Å²) in [6.07, 6.45) is 0.865. The monoisotopic (exact) mass is 344 g/mol. The summed E-state index contributed by atoms with van der Waals surface area (Å²) in [6, 6.07) is 7.65. The van der Waals surface area contributed by atoms with Crippen molar-refractivity contribution in [2.45, 2.75) is 52.1 Å². The van der Waals surface area contributed by atoms with Gasteiger partial charge in [-0.1, -0.05) is 39.0 Å². The van der Waals surface area contributed by atoms with Gasteiger partial charge in [-0.25, -0.2) is 4.79 Å². The van der Waals surface area contributed by atoms with Gasteiger partial charge in [0.15, 0.2) is 6.04 Å². The topological polar surface area (TPSA) is 49.9 Å². The van der Waals surface area contributed by atoms with Crippen molar-refractivity contribution in [3.63, 3.8) is 0 Å². The molecule has 0 saturated carbocycles. The second kappa shape index (κ2) is 6.36. The lowest BCUT2D eigenvalue weighted by molar-refractivity contribution is -0.161. The van der Waals surface area contributed by atoms with Gasteiger partial charge >= 0.3 is 5.97 Å². The van der Waals surface area contributed by atoms with Crippen molar-refractivity contribution >= 4 is 17.6 Å². The molecule has 2 aliphatic rings. The first-order valence-corrected chi connectivity index (χ1v) is 9.06. The molecule has 3 rings (SSSR count). The minimum atomic E-state index is -0.567. The van der Waals surface area contributed by atoms with Gasteiger partial charge < -0.3 is 14.5 Å². The van der Waals surface area contributed by atoms with E-state index in [-0.39, 0.29) is 23.8 Å². The van der Waals surface area contributed by atoms with E-state index in [1.165, 1.54) is 5.56 Å². The number of piperidine rings is 1. The summed E-state index contributed by atoms with van der Waals surface area (Å²) in [7, 11) is 2.01. The highest BCUT2D eigenvalue weighted by Crippen LogP contribution is 2.47. The fraction of sp³-hybridized carbons (Fsp3) is 0.600. The van der Waals surface area contributed by atoms with Crippen LogP contribution in [0, 0.1) is 5.41 Å². The molecule has 2 heterocycles. The summed E-state index contributed by atoms with van der Waals surface area (Å²) in [5, 5.41) is 0. The maximum atomic E-state index is 13.0. The van der Waals surface area contributed by atoms with E-state index in [0.29, 0.717) is 13.2 Å². The van der Waals surface area contributed by atoms with Gasteiger partial charge in [0.05, 0.1) is 12.6 Å².